The van der Waals surface area contributed by atoms with Crippen molar-refractivity contribution in [3.63, 3.8) is 0 Å². The summed E-state index contributed by atoms with van der Waals surface area (Å²) in [6.45, 7) is 11.9. The predicted octanol–water partition coefficient (Wildman–Crippen LogP) is 5.12. The molecule has 0 spiro atoms. The number of rotatable bonds is 9. The smallest absolute Gasteiger partial charge is 0.255 e. The molecule has 0 aliphatic carbocycles. The minimum absolute atomic E-state index is 0.0397. The standard InChI is InChI=1S/C22H30N4O2SSi/c1-16(2)23-21(27)18-13-26(15-28-11-12-30(3,4)5)25-20(18)22-24-19(14-29-22)17-9-7-6-8-10-17/h6-10,13-14,16H,11-12,15H2,1-5H3,(H,23,27). The van der Waals surface area contributed by atoms with Gasteiger partial charge in [0.05, 0.1) is 11.3 Å². The predicted molar refractivity (Wildman–Crippen MR) is 125 cm³/mol. The quantitative estimate of drug-likeness (QED) is 0.369. The lowest BCUT2D eigenvalue weighted by Gasteiger charge is -2.15. The maximum Gasteiger partial charge on any atom is 0.255 e. The molecule has 0 radical (unpaired) electrons. The number of benzene rings is 1. The molecule has 0 unspecified atom stereocenters. The lowest BCUT2D eigenvalue weighted by atomic mass is 10.2. The van der Waals surface area contributed by atoms with Crippen molar-refractivity contribution in [3.05, 3.63) is 47.5 Å². The molecule has 0 saturated carbocycles. The number of hydrogen-bond donors (Lipinski definition) is 1. The molecule has 6 nitrogen and oxygen atoms in total. The molecule has 8 heteroatoms. The highest BCUT2D eigenvalue weighted by molar-refractivity contribution is 7.13. The third-order valence-corrected chi connectivity index (χ3v) is 6.98. The molecule has 2 aromatic heterocycles. The molecule has 0 fully saturated rings. The molecule has 1 aromatic carbocycles. The molecular formula is C22H30N4O2SSi. The van der Waals surface area contributed by atoms with Crippen LogP contribution in [0, 0.1) is 0 Å². The molecular weight excluding hydrogens is 412 g/mol. The van der Waals surface area contributed by atoms with E-state index in [1.165, 1.54) is 11.3 Å². The van der Waals surface area contributed by atoms with Crippen LogP contribution in [-0.4, -0.2) is 41.4 Å². The van der Waals surface area contributed by atoms with E-state index in [1.807, 2.05) is 49.6 Å². The van der Waals surface area contributed by atoms with Crippen molar-refractivity contribution < 1.29 is 9.53 Å². The van der Waals surface area contributed by atoms with Gasteiger partial charge in [0, 0.05) is 37.9 Å². The van der Waals surface area contributed by atoms with Gasteiger partial charge in [-0.2, -0.15) is 5.10 Å². The number of nitrogens with zero attached hydrogens (tertiary/aromatic N) is 3. The van der Waals surface area contributed by atoms with Crippen LogP contribution in [-0.2, 0) is 11.5 Å². The third-order valence-electron chi connectivity index (χ3n) is 4.42. The molecule has 0 atom stereocenters. The topological polar surface area (TPSA) is 69.0 Å². The third kappa shape index (κ3) is 6.10. The van der Waals surface area contributed by atoms with Gasteiger partial charge in [-0.1, -0.05) is 50.0 Å². The highest BCUT2D eigenvalue weighted by Crippen LogP contribution is 2.30. The second-order valence-electron chi connectivity index (χ2n) is 8.81. The molecule has 2 heterocycles. The molecule has 1 amide bonds. The summed E-state index contributed by atoms with van der Waals surface area (Å²) in [4.78, 5) is 17.5. The Morgan fingerprint density at radius 2 is 1.97 bits per heavy atom. The minimum Gasteiger partial charge on any atom is -0.360 e. The average Bonchev–Trinajstić information content (AvgIpc) is 3.32. The van der Waals surface area contributed by atoms with Gasteiger partial charge in [0.15, 0.2) is 0 Å². The molecule has 0 aliphatic rings. The van der Waals surface area contributed by atoms with Crippen LogP contribution in [0.5, 0.6) is 0 Å². The molecule has 1 N–H and O–H groups in total. The fourth-order valence-electron chi connectivity index (χ4n) is 2.81. The number of ether oxygens (including phenoxy) is 1. The Morgan fingerprint density at radius 1 is 1.23 bits per heavy atom. The number of aromatic nitrogens is 3. The molecule has 0 bridgehead atoms. The van der Waals surface area contributed by atoms with Crippen LogP contribution >= 0.6 is 11.3 Å². The van der Waals surface area contributed by atoms with E-state index in [-0.39, 0.29) is 11.9 Å². The fraction of sp³-hybridized carbons (Fsp3) is 0.409. The number of amides is 1. The summed E-state index contributed by atoms with van der Waals surface area (Å²) in [5.74, 6) is -0.148. The maximum atomic E-state index is 12.8. The maximum absolute atomic E-state index is 12.8. The molecule has 30 heavy (non-hydrogen) atoms. The van der Waals surface area contributed by atoms with E-state index in [9.17, 15) is 4.79 Å². The summed E-state index contributed by atoms with van der Waals surface area (Å²) < 4.78 is 7.51. The Morgan fingerprint density at radius 3 is 2.63 bits per heavy atom. The summed E-state index contributed by atoms with van der Waals surface area (Å²) in [5, 5.41) is 10.3. The second kappa shape index (κ2) is 9.68. The van der Waals surface area contributed by atoms with E-state index in [1.54, 1.807) is 10.9 Å². The van der Waals surface area contributed by atoms with Crippen molar-refractivity contribution in [1.82, 2.24) is 20.1 Å². The van der Waals surface area contributed by atoms with Crippen molar-refractivity contribution in [2.24, 2.45) is 0 Å². The normalized spacial score (nSPS) is 11.8. The van der Waals surface area contributed by atoms with Crippen LogP contribution in [0.15, 0.2) is 41.9 Å². The van der Waals surface area contributed by atoms with E-state index in [0.717, 1.165) is 22.3 Å². The Labute approximate surface area is 183 Å². The first kappa shape index (κ1) is 22.4. The van der Waals surface area contributed by atoms with Gasteiger partial charge in [-0.15, -0.1) is 11.3 Å². The van der Waals surface area contributed by atoms with Crippen molar-refractivity contribution >= 4 is 25.3 Å². The Hall–Kier alpha value is -2.29. The molecule has 3 rings (SSSR count). The van der Waals surface area contributed by atoms with E-state index >= 15 is 0 Å². The zero-order valence-corrected chi connectivity index (χ0v) is 20.1. The van der Waals surface area contributed by atoms with Gasteiger partial charge in [0.25, 0.3) is 5.91 Å². The summed E-state index contributed by atoms with van der Waals surface area (Å²) in [5.41, 5.74) is 3.04. The molecule has 3 aromatic rings. The van der Waals surface area contributed by atoms with Crippen molar-refractivity contribution in [3.8, 4) is 22.0 Å². The number of nitrogens with one attached hydrogen (secondary N) is 1. The highest BCUT2D eigenvalue weighted by atomic mass is 32.1. The van der Waals surface area contributed by atoms with Gasteiger partial charge in [-0.3, -0.25) is 4.79 Å². The second-order valence-corrected chi connectivity index (χ2v) is 15.3. The Bertz CT molecular complexity index is 977. The summed E-state index contributed by atoms with van der Waals surface area (Å²) in [6, 6.07) is 11.1. The van der Waals surface area contributed by atoms with Gasteiger partial charge in [-0.25, -0.2) is 9.67 Å². The first-order valence-corrected chi connectivity index (χ1v) is 14.8. The van der Waals surface area contributed by atoms with Crippen molar-refractivity contribution in [2.45, 2.75) is 52.3 Å². The summed E-state index contributed by atoms with van der Waals surface area (Å²) >= 11 is 1.49. The van der Waals surface area contributed by atoms with Crippen LogP contribution in [0.25, 0.3) is 22.0 Å². The van der Waals surface area contributed by atoms with E-state index in [4.69, 9.17) is 9.72 Å². The van der Waals surface area contributed by atoms with E-state index < -0.39 is 8.07 Å². The van der Waals surface area contributed by atoms with Gasteiger partial charge >= 0.3 is 0 Å². The zero-order chi connectivity index (χ0) is 21.7. The Kier molecular flexibility index (Phi) is 7.22. The first-order valence-electron chi connectivity index (χ1n) is 10.2. The van der Waals surface area contributed by atoms with Gasteiger partial charge < -0.3 is 10.1 Å². The molecule has 0 aliphatic heterocycles. The number of carbonyl (C=O) groups excluding carboxylic acids is 1. The molecule has 160 valence electrons. The lowest BCUT2D eigenvalue weighted by Crippen LogP contribution is -2.30. The van der Waals surface area contributed by atoms with E-state index in [0.29, 0.717) is 24.6 Å². The van der Waals surface area contributed by atoms with Crippen LogP contribution < -0.4 is 5.32 Å². The first-order chi connectivity index (χ1) is 14.2. The van der Waals surface area contributed by atoms with Gasteiger partial charge in [0.1, 0.15) is 17.4 Å². The fourth-order valence-corrected chi connectivity index (χ4v) is 4.39. The summed E-state index contributed by atoms with van der Waals surface area (Å²) in [6.07, 6.45) is 1.76. The zero-order valence-electron chi connectivity index (χ0n) is 18.3. The SMILES string of the molecule is CC(C)NC(=O)c1cn(COCC[Si](C)(C)C)nc1-c1nc(-c2ccccc2)cs1. The van der Waals surface area contributed by atoms with Crippen LogP contribution in [0.1, 0.15) is 24.2 Å². The van der Waals surface area contributed by atoms with Gasteiger partial charge in [0.2, 0.25) is 0 Å². The molecule has 0 saturated heterocycles. The van der Waals surface area contributed by atoms with E-state index in [2.05, 4.69) is 30.1 Å². The Balaban J connectivity index is 1.83. The number of hydrogen-bond acceptors (Lipinski definition) is 5. The number of thiazole rings is 1. The van der Waals surface area contributed by atoms with Crippen molar-refractivity contribution in [2.75, 3.05) is 6.61 Å². The van der Waals surface area contributed by atoms with Crippen molar-refractivity contribution in [1.29, 1.82) is 0 Å². The van der Waals surface area contributed by atoms with Gasteiger partial charge in [-0.05, 0) is 19.9 Å². The van der Waals surface area contributed by atoms with Crippen LogP contribution in [0.4, 0.5) is 0 Å². The van der Waals surface area contributed by atoms with Crippen LogP contribution in [0.3, 0.4) is 0 Å². The lowest BCUT2D eigenvalue weighted by molar-refractivity contribution is 0.0785. The minimum atomic E-state index is -1.15. The highest BCUT2D eigenvalue weighted by Gasteiger charge is 2.21. The monoisotopic (exact) mass is 442 g/mol. The largest absolute Gasteiger partial charge is 0.360 e. The summed E-state index contributed by atoms with van der Waals surface area (Å²) in [7, 11) is -1.15. The number of carbonyl (C=O) groups is 1. The van der Waals surface area contributed by atoms with Crippen LogP contribution in [0.2, 0.25) is 25.7 Å². The average molecular weight is 443 g/mol.